The topological polar surface area (TPSA) is 75.6 Å². The molecule has 2 N–H and O–H groups in total. The molecule has 0 aromatic heterocycles. The van der Waals surface area contributed by atoms with Crippen LogP contribution in [0.3, 0.4) is 0 Å². The fourth-order valence-corrected chi connectivity index (χ4v) is 3.43. The van der Waals surface area contributed by atoms with Crippen molar-refractivity contribution in [1.29, 1.82) is 0 Å². The minimum atomic E-state index is -0.668. The summed E-state index contributed by atoms with van der Waals surface area (Å²) in [7, 11) is 0. The Labute approximate surface area is 159 Å². The molecule has 0 aromatic rings. The maximum atomic E-state index is 11.4. The second kappa shape index (κ2) is 12.8. The summed E-state index contributed by atoms with van der Waals surface area (Å²) in [6.45, 7) is 14.6. The van der Waals surface area contributed by atoms with E-state index in [9.17, 15) is 14.7 Å². The minimum Gasteiger partial charge on any atom is -0.481 e. The number of hydrogen-bond acceptors (Lipinski definition) is 3. The van der Waals surface area contributed by atoms with Gasteiger partial charge in [-0.2, -0.15) is 0 Å². The van der Waals surface area contributed by atoms with E-state index in [0.29, 0.717) is 18.4 Å². The molecule has 0 aromatic carbocycles. The molecule has 2 atom stereocenters. The molecule has 0 heterocycles. The monoisotopic (exact) mass is 369 g/mol. The molecule has 0 spiro atoms. The van der Waals surface area contributed by atoms with Crippen LogP contribution < -0.4 is 5.32 Å². The highest BCUT2D eigenvalue weighted by Gasteiger charge is 2.24. The second-order valence-corrected chi connectivity index (χ2v) is 8.50. The normalized spacial score (nSPS) is 13.9. The van der Waals surface area contributed by atoms with Gasteiger partial charge < -0.3 is 9.84 Å². The Kier molecular flexibility index (Phi) is 12.0. The summed E-state index contributed by atoms with van der Waals surface area (Å²) in [6, 6.07) is 0. The van der Waals surface area contributed by atoms with E-state index in [-0.39, 0.29) is 11.3 Å². The van der Waals surface area contributed by atoms with Crippen LogP contribution in [0.5, 0.6) is 0 Å². The number of carboxylic acid groups (broad SMARTS) is 1. The number of aliphatic carboxylic acids is 1. The van der Waals surface area contributed by atoms with Crippen molar-refractivity contribution >= 4 is 12.1 Å². The van der Waals surface area contributed by atoms with Gasteiger partial charge in [0.15, 0.2) is 0 Å². The molecule has 2 unspecified atom stereocenters. The lowest BCUT2D eigenvalue weighted by Gasteiger charge is -2.29. The average molecular weight is 370 g/mol. The Morgan fingerprint density at radius 1 is 1.27 bits per heavy atom. The fourth-order valence-electron chi connectivity index (χ4n) is 3.43. The lowest BCUT2D eigenvalue weighted by atomic mass is 9.78. The number of ether oxygens (including phenoxy) is 1. The quantitative estimate of drug-likeness (QED) is 0.390. The second-order valence-electron chi connectivity index (χ2n) is 8.50. The maximum absolute atomic E-state index is 11.4. The number of rotatable bonds is 14. The number of carbonyl (C=O) groups excluding carboxylic acids is 1. The summed E-state index contributed by atoms with van der Waals surface area (Å²) in [5.41, 5.74) is 0.149. The molecule has 0 aliphatic carbocycles. The average Bonchev–Trinajstić information content (AvgIpc) is 2.53. The lowest BCUT2D eigenvalue weighted by molar-refractivity contribution is -0.142. The van der Waals surface area contributed by atoms with Gasteiger partial charge in [-0.3, -0.25) is 10.1 Å². The first-order valence-corrected chi connectivity index (χ1v) is 9.88. The van der Waals surface area contributed by atoms with Gasteiger partial charge in [-0.15, -0.1) is 0 Å². The zero-order valence-corrected chi connectivity index (χ0v) is 17.3. The smallest absolute Gasteiger partial charge is 0.411 e. The predicted octanol–water partition coefficient (Wildman–Crippen LogP) is 5.61. The summed E-state index contributed by atoms with van der Waals surface area (Å²) in [6.07, 6.45) is 7.34. The van der Waals surface area contributed by atoms with Crippen LogP contribution in [0.4, 0.5) is 4.79 Å². The zero-order valence-electron chi connectivity index (χ0n) is 17.3. The summed E-state index contributed by atoms with van der Waals surface area (Å²) in [5, 5.41) is 11.7. The van der Waals surface area contributed by atoms with Gasteiger partial charge in [0, 0.05) is 0 Å². The Hall–Kier alpha value is -1.52. The zero-order chi connectivity index (χ0) is 20.2. The molecular formula is C21H39NO4. The molecule has 0 saturated carbocycles. The summed E-state index contributed by atoms with van der Waals surface area (Å²) < 4.78 is 5.22. The highest BCUT2D eigenvalue weighted by Crippen LogP contribution is 2.33. The third kappa shape index (κ3) is 11.9. The molecule has 5 nitrogen and oxygen atoms in total. The van der Waals surface area contributed by atoms with Gasteiger partial charge >= 0.3 is 12.1 Å². The molecule has 0 bridgehead atoms. The maximum Gasteiger partial charge on any atom is 0.411 e. The number of carbonyl (C=O) groups is 2. The number of hydrogen-bond donors (Lipinski definition) is 2. The van der Waals surface area contributed by atoms with Crippen molar-refractivity contribution in [3.05, 3.63) is 12.8 Å². The molecule has 0 saturated heterocycles. The van der Waals surface area contributed by atoms with E-state index in [1.165, 1.54) is 6.20 Å². The van der Waals surface area contributed by atoms with Crippen LogP contribution in [0.25, 0.3) is 0 Å². The van der Waals surface area contributed by atoms with Crippen LogP contribution in [0.2, 0.25) is 0 Å². The molecule has 5 heteroatoms. The van der Waals surface area contributed by atoms with Crippen molar-refractivity contribution in [2.75, 3.05) is 6.61 Å². The molecule has 0 aliphatic heterocycles. The molecule has 26 heavy (non-hydrogen) atoms. The molecule has 152 valence electrons. The molecule has 0 radical (unpaired) electrons. The van der Waals surface area contributed by atoms with Crippen molar-refractivity contribution in [3.63, 3.8) is 0 Å². The summed E-state index contributed by atoms with van der Waals surface area (Å²) in [5.74, 6) is -0.151. The Morgan fingerprint density at radius 2 is 1.92 bits per heavy atom. The van der Waals surface area contributed by atoms with Crippen LogP contribution in [-0.2, 0) is 9.53 Å². The third-order valence-corrected chi connectivity index (χ3v) is 4.85. The number of unbranched alkanes of at least 4 members (excludes halogenated alkanes) is 1. The van der Waals surface area contributed by atoms with Gasteiger partial charge in [0.25, 0.3) is 0 Å². The van der Waals surface area contributed by atoms with E-state index in [1.807, 2.05) is 0 Å². The number of alkyl carbamates (subject to hydrolysis) is 1. The van der Waals surface area contributed by atoms with E-state index < -0.39 is 12.1 Å². The Morgan fingerprint density at radius 3 is 2.42 bits per heavy atom. The summed E-state index contributed by atoms with van der Waals surface area (Å²) in [4.78, 5) is 22.7. The van der Waals surface area contributed by atoms with E-state index in [1.54, 1.807) is 0 Å². The van der Waals surface area contributed by atoms with Crippen molar-refractivity contribution in [2.24, 2.45) is 23.2 Å². The van der Waals surface area contributed by atoms with Crippen LogP contribution in [0.15, 0.2) is 12.8 Å². The first kappa shape index (κ1) is 24.5. The molecular weight excluding hydrogens is 330 g/mol. The van der Waals surface area contributed by atoms with Gasteiger partial charge in [-0.05, 0) is 49.1 Å². The van der Waals surface area contributed by atoms with Gasteiger partial charge in [-0.1, -0.05) is 60.5 Å². The molecule has 1 amide bonds. The van der Waals surface area contributed by atoms with Crippen LogP contribution in [0, 0.1) is 23.2 Å². The Balaban J connectivity index is 4.26. The van der Waals surface area contributed by atoms with Crippen LogP contribution in [0.1, 0.15) is 79.6 Å². The van der Waals surface area contributed by atoms with Crippen molar-refractivity contribution in [1.82, 2.24) is 5.32 Å². The van der Waals surface area contributed by atoms with Gasteiger partial charge in [-0.25, -0.2) is 4.79 Å². The number of amides is 1. The SMILES string of the molecule is C=CNC(=O)OCC(CC)CC(C)(C)CCCCC(CC(C)C)C(=O)O. The van der Waals surface area contributed by atoms with Crippen LogP contribution in [-0.4, -0.2) is 23.8 Å². The molecule has 0 fully saturated rings. The van der Waals surface area contributed by atoms with E-state index in [0.717, 1.165) is 44.9 Å². The van der Waals surface area contributed by atoms with Crippen molar-refractivity contribution < 1.29 is 19.4 Å². The molecule has 0 rings (SSSR count). The van der Waals surface area contributed by atoms with Crippen LogP contribution >= 0.6 is 0 Å². The van der Waals surface area contributed by atoms with Gasteiger partial charge in [0.05, 0.1) is 12.5 Å². The van der Waals surface area contributed by atoms with E-state index in [4.69, 9.17) is 4.74 Å². The minimum absolute atomic E-state index is 0.149. The largest absolute Gasteiger partial charge is 0.481 e. The molecule has 0 aliphatic rings. The highest BCUT2D eigenvalue weighted by molar-refractivity contribution is 5.69. The van der Waals surface area contributed by atoms with Gasteiger partial charge in [0.2, 0.25) is 0 Å². The van der Waals surface area contributed by atoms with Crippen molar-refractivity contribution in [3.8, 4) is 0 Å². The third-order valence-electron chi connectivity index (χ3n) is 4.85. The van der Waals surface area contributed by atoms with Crippen molar-refractivity contribution in [2.45, 2.75) is 79.6 Å². The van der Waals surface area contributed by atoms with E-state index >= 15 is 0 Å². The standard InChI is InChI=1S/C21H39NO4/c1-7-17(15-26-20(25)22-8-2)14-21(5,6)12-10-9-11-18(19(23)24)13-16(3)4/h8,16-18H,2,7,9-15H2,1,3-6H3,(H,22,25)(H,23,24). The fraction of sp³-hybridized carbons (Fsp3) is 0.810. The number of nitrogens with one attached hydrogen (secondary N) is 1. The van der Waals surface area contributed by atoms with Gasteiger partial charge in [0.1, 0.15) is 0 Å². The Bertz CT molecular complexity index is 432. The first-order valence-electron chi connectivity index (χ1n) is 9.88. The van der Waals surface area contributed by atoms with E-state index in [2.05, 4.69) is 46.5 Å². The predicted molar refractivity (Wildman–Crippen MR) is 106 cm³/mol. The lowest BCUT2D eigenvalue weighted by Crippen LogP contribution is -2.25. The summed E-state index contributed by atoms with van der Waals surface area (Å²) >= 11 is 0. The first-order chi connectivity index (χ1) is 12.1. The number of carboxylic acids is 1. The highest BCUT2D eigenvalue weighted by atomic mass is 16.5.